The first-order valence-corrected chi connectivity index (χ1v) is 19.6. The lowest BCUT2D eigenvalue weighted by atomic mass is 9.54. The van der Waals surface area contributed by atoms with Crippen LogP contribution in [-0.4, -0.2) is 35.9 Å². The number of hydrogen-bond donors (Lipinski definition) is 3. The zero-order valence-corrected chi connectivity index (χ0v) is 31.8. The van der Waals surface area contributed by atoms with Gasteiger partial charge in [0.05, 0.1) is 21.7 Å². The number of piperidine rings is 1. The van der Waals surface area contributed by atoms with E-state index in [4.69, 9.17) is 56.4 Å². The van der Waals surface area contributed by atoms with Crippen molar-refractivity contribution in [1.82, 2.24) is 15.6 Å². The van der Waals surface area contributed by atoms with Crippen LogP contribution in [0.2, 0.25) is 20.1 Å². The molecule has 4 heterocycles. The molecule has 6 atom stereocenters. The summed E-state index contributed by atoms with van der Waals surface area (Å²) in [6.45, 7) is 0.733. The Morgan fingerprint density at radius 1 is 0.778 bits per heavy atom. The number of carbonyl (C=O) groups is 1. The molecule has 0 radical (unpaired) electrons. The van der Waals surface area contributed by atoms with Gasteiger partial charge in [0.2, 0.25) is 0 Å². The smallest absolute Gasteiger partial charge is 0.170 e. The van der Waals surface area contributed by atoms with Crippen LogP contribution in [0.25, 0.3) is 17.0 Å². The third-order valence-electron chi connectivity index (χ3n) is 12.1. The highest BCUT2D eigenvalue weighted by molar-refractivity contribution is 6.36. The van der Waals surface area contributed by atoms with Crippen molar-refractivity contribution < 1.29 is 4.79 Å². The second-order valence-corrected chi connectivity index (χ2v) is 16.4. The lowest BCUT2D eigenvalue weighted by Gasteiger charge is -2.51. The van der Waals surface area contributed by atoms with E-state index in [9.17, 15) is 0 Å². The Balaban J connectivity index is 1.28. The highest BCUT2D eigenvalue weighted by atomic mass is 35.5. The maximum atomic E-state index is 16.2. The van der Waals surface area contributed by atoms with E-state index in [1.165, 1.54) is 0 Å². The van der Waals surface area contributed by atoms with Gasteiger partial charge in [-0.05, 0) is 82.8 Å². The first kappa shape index (κ1) is 34.2. The Morgan fingerprint density at radius 2 is 1.50 bits per heavy atom. The minimum absolute atomic E-state index is 0.0155. The molecule has 0 amide bonds. The Labute approximate surface area is 331 Å². The number of carbonyl (C=O) groups excluding carboxylic acids is 1. The Bertz CT molecular complexity index is 2690. The molecular weight excluding hydrogens is 756 g/mol. The van der Waals surface area contributed by atoms with Gasteiger partial charge in [0, 0.05) is 67.8 Å². The number of nitrogens with one attached hydrogen (secondary N) is 3. The molecule has 3 N–H and O–H groups in total. The molecule has 4 aliphatic rings. The number of nitrogens with zero attached hydrogens (tertiary/aromatic N) is 2. The molecule has 2 saturated heterocycles. The first-order valence-electron chi connectivity index (χ1n) is 18.1. The van der Waals surface area contributed by atoms with E-state index in [1.54, 1.807) is 18.2 Å². The number of hydrogen-bond acceptors (Lipinski definition) is 5. The second kappa shape index (κ2) is 12.9. The zero-order valence-electron chi connectivity index (χ0n) is 28.8. The number of Topliss-reactive ketones (excluding diaryl/α,β-unsaturated/α-hetero) is 1. The van der Waals surface area contributed by atoms with Crippen LogP contribution >= 0.6 is 46.4 Å². The number of aromatic nitrogens is 1. The molecule has 0 saturated carbocycles. The maximum absolute atomic E-state index is 16.2. The number of para-hydroxylation sites is 3. The lowest BCUT2D eigenvalue weighted by Crippen LogP contribution is -2.66. The van der Waals surface area contributed by atoms with Crippen molar-refractivity contribution >= 4 is 69.2 Å². The van der Waals surface area contributed by atoms with E-state index in [2.05, 4.69) is 64.3 Å². The highest BCUT2D eigenvalue weighted by Gasteiger charge is 2.75. The predicted molar refractivity (Wildman–Crippen MR) is 216 cm³/mol. The normalized spacial score (nSPS) is 27.6. The van der Waals surface area contributed by atoms with Gasteiger partial charge in [0.15, 0.2) is 5.78 Å². The van der Waals surface area contributed by atoms with Gasteiger partial charge in [0.1, 0.15) is 12.1 Å². The Kier molecular flexibility index (Phi) is 8.19. The third-order valence-corrected chi connectivity index (χ3v) is 13.2. The van der Waals surface area contributed by atoms with Crippen LogP contribution in [0, 0.1) is 5.41 Å². The summed E-state index contributed by atoms with van der Waals surface area (Å²) in [4.78, 5) is 30.6. The van der Waals surface area contributed by atoms with Gasteiger partial charge in [-0.2, -0.15) is 0 Å². The molecule has 1 aromatic heterocycles. The fraction of sp³-hybridized carbons (Fsp3) is 0.205. The van der Waals surface area contributed by atoms with Crippen molar-refractivity contribution in [3.63, 3.8) is 0 Å². The minimum Gasteiger partial charge on any atom is -0.361 e. The topological polar surface area (TPSA) is 81.6 Å². The van der Waals surface area contributed by atoms with Gasteiger partial charge in [-0.3, -0.25) is 14.8 Å². The van der Waals surface area contributed by atoms with E-state index in [0.29, 0.717) is 45.2 Å². The summed E-state index contributed by atoms with van der Waals surface area (Å²) in [6, 6.07) is 34.7. The molecule has 0 bridgehead atoms. The van der Waals surface area contributed by atoms with Crippen molar-refractivity contribution in [2.45, 2.75) is 36.0 Å². The van der Waals surface area contributed by atoms with Crippen molar-refractivity contribution in [2.75, 3.05) is 13.1 Å². The molecule has 10 rings (SSSR count). The summed E-state index contributed by atoms with van der Waals surface area (Å²) >= 11 is 26.9. The van der Waals surface area contributed by atoms with Crippen molar-refractivity contribution in [1.29, 1.82) is 0 Å². The van der Waals surface area contributed by atoms with E-state index < -0.39 is 22.9 Å². The molecule has 6 nitrogen and oxygen atoms in total. The van der Waals surface area contributed by atoms with Crippen LogP contribution in [0.3, 0.4) is 0 Å². The number of benzene rings is 5. The number of rotatable bonds is 4. The molecule has 2 spiro atoms. The number of ketones is 1. The van der Waals surface area contributed by atoms with Gasteiger partial charge < -0.3 is 15.6 Å². The maximum Gasteiger partial charge on any atom is 0.170 e. The van der Waals surface area contributed by atoms with Gasteiger partial charge in [-0.1, -0.05) is 113 Å². The molecule has 6 aromatic rings. The van der Waals surface area contributed by atoms with E-state index in [0.717, 1.165) is 49.4 Å². The van der Waals surface area contributed by atoms with E-state index in [-0.39, 0.29) is 17.9 Å². The summed E-state index contributed by atoms with van der Waals surface area (Å²) in [5, 5.41) is 12.8. The van der Waals surface area contributed by atoms with Gasteiger partial charge >= 0.3 is 0 Å². The number of H-pyrrole nitrogens is 1. The molecule has 268 valence electrons. The van der Waals surface area contributed by atoms with Crippen LogP contribution in [0.15, 0.2) is 131 Å². The summed E-state index contributed by atoms with van der Waals surface area (Å²) in [7, 11) is 0. The molecule has 54 heavy (non-hydrogen) atoms. The largest absolute Gasteiger partial charge is 0.361 e. The molecule has 3 aliphatic heterocycles. The van der Waals surface area contributed by atoms with Crippen LogP contribution in [-0.2, 0) is 16.8 Å². The molecular formula is C44H33Cl4N5O. The first-order chi connectivity index (χ1) is 26.3. The van der Waals surface area contributed by atoms with Crippen molar-refractivity contribution in [2.24, 2.45) is 15.4 Å². The van der Waals surface area contributed by atoms with E-state index >= 15 is 4.79 Å². The van der Waals surface area contributed by atoms with Crippen molar-refractivity contribution in [3.05, 3.63) is 180 Å². The average Bonchev–Trinajstić information content (AvgIpc) is 3.80. The standard InChI is InChI=1S/C44H33Cl4N5O/c45-27-14-13-24(33(47)19-27)17-26-21-49-23-43(42(26)54)39(31-16-15-28(46)20-34(31)48)38(18-25-22-50-35-10-4-2-7-29(25)35)53-44(43)32-9-3-1-8-30(32)40-41(44)52-37-12-6-5-11-36(37)51-40/h1-17,19-20,22,38-41,49-50,53H,18,21,23H2/b26-17+. The molecule has 10 heteroatoms. The summed E-state index contributed by atoms with van der Waals surface area (Å²) in [6.07, 6.45) is 4.60. The Morgan fingerprint density at radius 3 is 2.31 bits per heavy atom. The highest BCUT2D eigenvalue weighted by Crippen LogP contribution is 2.66. The molecule has 6 unspecified atom stereocenters. The monoisotopic (exact) mass is 787 g/mol. The Hall–Kier alpha value is -4.27. The zero-order chi connectivity index (χ0) is 36.8. The third kappa shape index (κ3) is 4.98. The van der Waals surface area contributed by atoms with Crippen LogP contribution < -0.4 is 21.3 Å². The quantitative estimate of drug-likeness (QED) is 0.157. The van der Waals surface area contributed by atoms with Gasteiger partial charge in [0.25, 0.3) is 0 Å². The summed E-state index contributed by atoms with van der Waals surface area (Å²) < 4.78 is 0. The molecule has 2 fully saturated rings. The van der Waals surface area contributed by atoms with Crippen molar-refractivity contribution in [3.8, 4) is 0 Å². The fourth-order valence-electron chi connectivity index (χ4n) is 10.0. The fourth-order valence-corrected chi connectivity index (χ4v) is 11.0. The molecule has 1 aliphatic carbocycles. The number of halogens is 4. The van der Waals surface area contributed by atoms with E-state index in [1.807, 2.05) is 54.6 Å². The van der Waals surface area contributed by atoms with Gasteiger partial charge in [-0.25, -0.2) is 0 Å². The van der Waals surface area contributed by atoms with Crippen LogP contribution in [0.1, 0.15) is 39.8 Å². The van der Waals surface area contributed by atoms with Gasteiger partial charge in [-0.15, -0.1) is 0 Å². The summed E-state index contributed by atoms with van der Waals surface area (Å²) in [5.41, 5.74) is 4.31. The predicted octanol–water partition coefficient (Wildman–Crippen LogP) is 8.59. The molecule has 5 aromatic carbocycles. The van der Waals surface area contributed by atoms with Crippen LogP contribution in [0.4, 0.5) is 0 Å². The number of fused-ring (bicyclic) bond motifs is 8. The lowest BCUT2D eigenvalue weighted by molar-refractivity contribution is -0.131. The summed E-state index contributed by atoms with van der Waals surface area (Å²) in [5.74, 6) is -0.416. The number of aromatic amines is 1. The SMILES string of the molecule is O=C1/C(=C/c2ccc(Cl)cc2Cl)CNCC12C(c1ccc(Cl)cc1Cl)C(Cc1c[nH]c3ccccc13)NC21c2ccccc2C2N=c3ccccc3=NC21. The average molecular weight is 790 g/mol. The van der Waals surface area contributed by atoms with Crippen LogP contribution in [0.5, 0.6) is 0 Å². The minimum atomic E-state index is -1.15. The second-order valence-electron chi connectivity index (χ2n) is 14.7.